The second-order valence-corrected chi connectivity index (χ2v) is 16.5. The molecule has 0 spiro atoms. The summed E-state index contributed by atoms with van der Waals surface area (Å²) in [6.07, 6.45) is 36.1. The molecule has 0 aromatic carbocycles. The maximum absolute atomic E-state index is 16.8. The highest BCUT2D eigenvalue weighted by molar-refractivity contribution is 5.34. The predicted molar refractivity (Wildman–Crippen MR) is 198 cm³/mol. The molecule has 5 heteroatoms. The molecule has 0 bridgehead atoms. The Hall–Kier alpha value is -1.36. The maximum Gasteiger partial charge on any atom is 0.185 e. The Labute approximate surface area is 297 Å². The maximum atomic E-state index is 16.8. The zero-order chi connectivity index (χ0) is 35.1. The van der Waals surface area contributed by atoms with E-state index in [4.69, 9.17) is 4.74 Å². The average Bonchev–Trinajstić information content (AvgIpc) is 3.11. The van der Waals surface area contributed by atoms with Crippen molar-refractivity contribution in [3.8, 4) is 0 Å². The van der Waals surface area contributed by atoms with Gasteiger partial charge in [-0.2, -0.15) is 0 Å². The van der Waals surface area contributed by atoms with Crippen LogP contribution in [0.25, 0.3) is 0 Å². The van der Waals surface area contributed by atoms with Crippen molar-refractivity contribution in [3.05, 3.63) is 48.1 Å². The van der Waals surface area contributed by atoms with Crippen LogP contribution in [0.3, 0.4) is 0 Å². The van der Waals surface area contributed by atoms with E-state index >= 15 is 17.6 Å². The molecule has 0 unspecified atom stereocenters. The Kier molecular flexibility index (Phi) is 16.5. The molecule has 4 rings (SSSR count). The summed E-state index contributed by atoms with van der Waals surface area (Å²) in [5, 5.41) is 0. The van der Waals surface area contributed by atoms with Crippen LogP contribution in [0, 0.1) is 22.7 Å². The van der Waals surface area contributed by atoms with E-state index in [-0.39, 0.29) is 25.0 Å². The first-order chi connectivity index (χ1) is 23.7. The molecular weight excluding hydrogens is 620 g/mol. The third-order valence-corrected chi connectivity index (χ3v) is 12.9. The number of hydrogen-bond donors (Lipinski definition) is 0. The monoisotopic (exact) mass is 691 g/mol. The SMILES string of the molecule is CCCCCCCCCC1([C@@]2(F)C=C[C@@H](COC[C@@H]3C=C[C@](F)(C4(CCCCCCCCC)CCCCC4)C(F)=C3)C=C2F)CCCCC1. The molecule has 0 amide bonds. The minimum Gasteiger partial charge on any atom is -0.380 e. The molecular formula is C44H70F4O. The van der Waals surface area contributed by atoms with Crippen molar-refractivity contribution in [1.82, 2.24) is 0 Å². The highest BCUT2D eigenvalue weighted by atomic mass is 19.2. The molecule has 4 aliphatic carbocycles. The summed E-state index contributed by atoms with van der Waals surface area (Å²) in [6, 6.07) is 0. The number of rotatable bonds is 22. The Balaban J connectivity index is 1.28. The summed E-state index contributed by atoms with van der Waals surface area (Å²) < 4.78 is 71.1. The lowest BCUT2D eigenvalue weighted by atomic mass is 9.60. The number of unbranched alkanes of at least 4 members (excludes halogenated alkanes) is 12. The van der Waals surface area contributed by atoms with Crippen LogP contribution in [0.5, 0.6) is 0 Å². The molecule has 0 aromatic rings. The highest BCUT2D eigenvalue weighted by Crippen LogP contribution is 2.57. The van der Waals surface area contributed by atoms with Crippen LogP contribution in [-0.2, 0) is 4.74 Å². The van der Waals surface area contributed by atoms with E-state index in [2.05, 4.69) is 13.8 Å². The van der Waals surface area contributed by atoms with Gasteiger partial charge in [-0.05, 0) is 62.8 Å². The minimum atomic E-state index is -2.06. The summed E-state index contributed by atoms with van der Waals surface area (Å²) in [6.45, 7) is 4.81. The van der Waals surface area contributed by atoms with Crippen molar-refractivity contribution in [2.75, 3.05) is 13.2 Å². The van der Waals surface area contributed by atoms with Gasteiger partial charge < -0.3 is 4.74 Å². The Morgan fingerprint density at radius 2 is 0.878 bits per heavy atom. The molecule has 0 saturated heterocycles. The van der Waals surface area contributed by atoms with Crippen LogP contribution in [-0.4, -0.2) is 24.6 Å². The van der Waals surface area contributed by atoms with Crippen molar-refractivity contribution in [3.63, 3.8) is 0 Å². The smallest absolute Gasteiger partial charge is 0.185 e. The third kappa shape index (κ3) is 10.4. The molecule has 0 heterocycles. The molecule has 49 heavy (non-hydrogen) atoms. The van der Waals surface area contributed by atoms with Crippen molar-refractivity contribution in [1.29, 1.82) is 0 Å². The van der Waals surface area contributed by atoms with Crippen molar-refractivity contribution >= 4 is 0 Å². The average molecular weight is 691 g/mol. The summed E-state index contributed by atoms with van der Waals surface area (Å²) in [4.78, 5) is 0. The van der Waals surface area contributed by atoms with Gasteiger partial charge in [0.1, 0.15) is 11.7 Å². The largest absolute Gasteiger partial charge is 0.380 e. The summed E-state index contributed by atoms with van der Waals surface area (Å²) in [7, 11) is 0. The molecule has 4 aliphatic rings. The summed E-state index contributed by atoms with van der Waals surface area (Å²) >= 11 is 0. The van der Waals surface area contributed by atoms with Gasteiger partial charge in [0, 0.05) is 22.7 Å². The van der Waals surface area contributed by atoms with Gasteiger partial charge >= 0.3 is 0 Å². The van der Waals surface area contributed by atoms with E-state index in [0.717, 1.165) is 103 Å². The van der Waals surface area contributed by atoms with Crippen LogP contribution in [0.1, 0.15) is 181 Å². The first kappa shape index (κ1) is 40.4. The molecule has 2 saturated carbocycles. The van der Waals surface area contributed by atoms with Gasteiger partial charge in [0.2, 0.25) is 0 Å². The predicted octanol–water partition coefficient (Wildman–Crippen LogP) is 14.7. The van der Waals surface area contributed by atoms with Crippen molar-refractivity contribution < 1.29 is 22.3 Å². The zero-order valence-corrected chi connectivity index (χ0v) is 31.3. The Morgan fingerprint density at radius 3 is 1.22 bits per heavy atom. The first-order valence-corrected chi connectivity index (χ1v) is 20.8. The molecule has 0 N–H and O–H groups in total. The molecule has 1 nitrogen and oxygen atoms in total. The van der Waals surface area contributed by atoms with E-state index < -0.39 is 33.8 Å². The number of ether oxygens (including phenoxy) is 1. The lowest BCUT2D eigenvalue weighted by Gasteiger charge is -2.47. The third-order valence-electron chi connectivity index (χ3n) is 12.9. The number of allylic oxidation sites excluding steroid dienone is 4. The fourth-order valence-corrected chi connectivity index (χ4v) is 9.70. The highest BCUT2D eigenvalue weighted by Gasteiger charge is 2.55. The van der Waals surface area contributed by atoms with Gasteiger partial charge in [-0.15, -0.1) is 0 Å². The van der Waals surface area contributed by atoms with Gasteiger partial charge in [0.25, 0.3) is 0 Å². The minimum absolute atomic E-state index is 0.188. The molecule has 0 radical (unpaired) electrons. The first-order valence-electron chi connectivity index (χ1n) is 20.8. The van der Waals surface area contributed by atoms with Gasteiger partial charge in [-0.1, -0.05) is 154 Å². The van der Waals surface area contributed by atoms with Gasteiger partial charge in [0.05, 0.1) is 13.2 Å². The van der Waals surface area contributed by atoms with Gasteiger partial charge in [-0.3, -0.25) is 0 Å². The number of alkyl halides is 2. The van der Waals surface area contributed by atoms with Crippen LogP contribution in [0.15, 0.2) is 48.1 Å². The second-order valence-electron chi connectivity index (χ2n) is 16.5. The molecule has 0 aliphatic heterocycles. The van der Waals surface area contributed by atoms with Gasteiger partial charge in [-0.25, -0.2) is 17.6 Å². The molecule has 4 atom stereocenters. The fraction of sp³-hybridized carbons (Fsp3) is 0.818. The molecule has 0 aromatic heterocycles. The lowest BCUT2D eigenvalue weighted by Crippen LogP contribution is -2.47. The van der Waals surface area contributed by atoms with Crippen LogP contribution in [0.4, 0.5) is 17.6 Å². The van der Waals surface area contributed by atoms with Crippen LogP contribution >= 0.6 is 0 Å². The fourth-order valence-electron chi connectivity index (χ4n) is 9.70. The second kappa shape index (κ2) is 20.0. The number of hydrogen-bond acceptors (Lipinski definition) is 1. The Morgan fingerprint density at radius 1 is 0.531 bits per heavy atom. The van der Waals surface area contributed by atoms with E-state index in [0.29, 0.717) is 0 Å². The zero-order valence-electron chi connectivity index (χ0n) is 31.3. The Bertz CT molecular complexity index is 997. The van der Waals surface area contributed by atoms with E-state index in [9.17, 15) is 0 Å². The lowest BCUT2D eigenvalue weighted by molar-refractivity contribution is -0.00337. The molecule has 2 fully saturated rings. The quantitative estimate of drug-likeness (QED) is 0.0624. The normalized spacial score (nSPS) is 29.5. The van der Waals surface area contributed by atoms with Gasteiger partial charge in [0.15, 0.2) is 11.3 Å². The van der Waals surface area contributed by atoms with E-state index in [1.54, 1.807) is 12.2 Å². The van der Waals surface area contributed by atoms with E-state index in [1.165, 1.54) is 88.5 Å². The van der Waals surface area contributed by atoms with Crippen molar-refractivity contribution in [2.45, 2.75) is 192 Å². The van der Waals surface area contributed by atoms with E-state index in [1.807, 2.05) is 0 Å². The molecule has 280 valence electrons. The van der Waals surface area contributed by atoms with Crippen LogP contribution in [0.2, 0.25) is 0 Å². The summed E-state index contributed by atoms with van der Waals surface area (Å²) in [5.41, 5.74) is -5.46. The topological polar surface area (TPSA) is 9.23 Å². The summed E-state index contributed by atoms with van der Waals surface area (Å²) in [5.74, 6) is -2.09. The van der Waals surface area contributed by atoms with Crippen LogP contribution < -0.4 is 0 Å². The number of halogens is 4. The standard InChI is InChI=1S/C44H70F4O/c1-3-5-7-9-11-13-17-25-41(27-19-15-20-28-41)43(47)31-23-37(33-39(43)45)35-49-36-38-24-32-44(48,40(46)34-38)42(29-21-16-22-30-42)26-18-14-12-10-8-6-4-2/h23-24,31-34,37-38H,3-22,25-30,35-36H2,1-2H3/t37-,38-,43-,44-/m1/s1. The van der Waals surface area contributed by atoms with Crippen molar-refractivity contribution in [2.24, 2.45) is 22.7 Å².